The fourth-order valence-electron chi connectivity index (χ4n) is 3.79. The van der Waals surface area contributed by atoms with Crippen molar-refractivity contribution < 1.29 is 19.4 Å². The molecule has 1 unspecified atom stereocenters. The first-order valence-electron chi connectivity index (χ1n) is 10.5. The molecule has 7 nitrogen and oxygen atoms in total. The van der Waals surface area contributed by atoms with Crippen LogP contribution in [0.3, 0.4) is 0 Å². The maximum atomic E-state index is 13.2. The number of rotatable bonds is 6. The van der Waals surface area contributed by atoms with Crippen molar-refractivity contribution >= 4 is 35.0 Å². The third kappa shape index (κ3) is 4.87. The molecule has 2 aliphatic rings. The summed E-state index contributed by atoms with van der Waals surface area (Å²) >= 11 is 1.61. The lowest BCUT2D eigenvalue weighted by atomic mass is 10.0. The molecule has 3 atom stereocenters. The summed E-state index contributed by atoms with van der Waals surface area (Å²) in [6.45, 7) is 4.40. The second kappa shape index (κ2) is 9.30. The van der Waals surface area contributed by atoms with Gasteiger partial charge in [0, 0.05) is 9.79 Å². The second-order valence-electron chi connectivity index (χ2n) is 8.22. The highest BCUT2D eigenvalue weighted by molar-refractivity contribution is 7.99. The highest BCUT2D eigenvalue weighted by atomic mass is 32.2. The van der Waals surface area contributed by atoms with Gasteiger partial charge in [-0.2, -0.15) is 0 Å². The van der Waals surface area contributed by atoms with Gasteiger partial charge in [-0.05, 0) is 43.0 Å². The van der Waals surface area contributed by atoms with E-state index < -0.39 is 18.4 Å². The van der Waals surface area contributed by atoms with Gasteiger partial charge >= 0.3 is 0 Å². The molecule has 1 fully saturated rings. The van der Waals surface area contributed by atoms with Crippen LogP contribution in [0.2, 0.25) is 0 Å². The van der Waals surface area contributed by atoms with E-state index in [1.807, 2.05) is 50.2 Å². The number of anilines is 2. The molecule has 0 radical (unpaired) electrons. The lowest BCUT2D eigenvalue weighted by Gasteiger charge is -2.25. The van der Waals surface area contributed by atoms with E-state index in [1.165, 1.54) is 0 Å². The molecule has 2 amide bonds. The van der Waals surface area contributed by atoms with Crippen LogP contribution >= 0.6 is 11.8 Å². The van der Waals surface area contributed by atoms with Crippen molar-refractivity contribution in [3.63, 3.8) is 0 Å². The summed E-state index contributed by atoms with van der Waals surface area (Å²) in [5.74, 6) is -0.423. The van der Waals surface area contributed by atoms with Crippen molar-refractivity contribution in [2.24, 2.45) is 5.92 Å². The molecule has 2 aliphatic heterocycles. The van der Waals surface area contributed by atoms with E-state index in [4.69, 9.17) is 4.74 Å². The fourth-order valence-corrected chi connectivity index (χ4v) is 4.81. The number of aliphatic hydroxyl groups is 1. The predicted octanol–water partition coefficient (Wildman–Crippen LogP) is 3.26. The van der Waals surface area contributed by atoms with Crippen molar-refractivity contribution in [3.8, 4) is 0 Å². The van der Waals surface area contributed by atoms with Gasteiger partial charge in [-0.25, -0.2) is 0 Å². The fraction of sp³-hybridized carbons (Fsp3) is 0.391. The minimum Gasteiger partial charge on any atom is -0.366 e. The maximum absolute atomic E-state index is 13.2. The van der Waals surface area contributed by atoms with Crippen molar-refractivity contribution in [1.82, 2.24) is 10.6 Å². The number of carbonyl (C=O) groups is 2. The Morgan fingerprint density at radius 3 is 2.71 bits per heavy atom. The van der Waals surface area contributed by atoms with Crippen LogP contribution in [0.1, 0.15) is 37.0 Å². The molecule has 2 aromatic rings. The molecule has 0 aliphatic carbocycles. The first-order chi connectivity index (χ1) is 14.9. The summed E-state index contributed by atoms with van der Waals surface area (Å²) in [5, 5.41) is 18.9. The molecule has 2 aromatic carbocycles. The third-order valence-corrected chi connectivity index (χ3v) is 6.49. The van der Waals surface area contributed by atoms with E-state index in [-0.39, 0.29) is 17.7 Å². The molecule has 31 heavy (non-hydrogen) atoms. The quantitative estimate of drug-likeness (QED) is 0.469. The minimum absolute atomic E-state index is 0.200. The average Bonchev–Trinajstić information content (AvgIpc) is 3.15. The van der Waals surface area contributed by atoms with Crippen molar-refractivity contribution in [3.05, 3.63) is 48.0 Å². The largest absolute Gasteiger partial charge is 0.366 e. The zero-order chi connectivity index (χ0) is 22.0. The van der Waals surface area contributed by atoms with Gasteiger partial charge in [-0.1, -0.05) is 43.8 Å². The molecule has 0 bridgehead atoms. The standard InChI is InChI=1S/C23H27N3O4S/c1-13(2)12-17(22(28)25-16-10-11-30-23(16)29)26-21(27)14-6-5-9-19-20(14)24-15-7-3-4-8-18(15)31-19/h3-9,13,16-17,23-24,29H,10-12H2,1-2H3,(H,25,28)(H,26,27)/t16-,17-,23?/m0/s1. The normalized spacial score (nSPS) is 20.4. The summed E-state index contributed by atoms with van der Waals surface area (Å²) in [6.07, 6.45) is 0.0188. The Labute approximate surface area is 185 Å². The van der Waals surface area contributed by atoms with Gasteiger partial charge in [0.25, 0.3) is 5.91 Å². The number of aliphatic hydroxyl groups excluding tert-OH is 1. The summed E-state index contributed by atoms with van der Waals surface area (Å²) in [4.78, 5) is 28.2. The molecule has 1 saturated heterocycles. The number of ether oxygens (including phenoxy) is 1. The van der Waals surface area contributed by atoms with Gasteiger partial charge < -0.3 is 25.8 Å². The smallest absolute Gasteiger partial charge is 0.254 e. The Morgan fingerprint density at radius 2 is 1.97 bits per heavy atom. The lowest BCUT2D eigenvalue weighted by molar-refractivity contribution is -0.127. The van der Waals surface area contributed by atoms with E-state index in [0.29, 0.717) is 25.0 Å². The molecule has 8 heteroatoms. The zero-order valence-electron chi connectivity index (χ0n) is 17.6. The van der Waals surface area contributed by atoms with Crippen LogP contribution in [0.25, 0.3) is 0 Å². The second-order valence-corrected chi connectivity index (χ2v) is 9.31. The first kappa shape index (κ1) is 21.7. The van der Waals surface area contributed by atoms with Crippen molar-refractivity contribution in [2.75, 3.05) is 11.9 Å². The summed E-state index contributed by atoms with van der Waals surface area (Å²) in [6, 6.07) is 12.4. The summed E-state index contributed by atoms with van der Waals surface area (Å²) in [5.41, 5.74) is 2.18. The van der Waals surface area contributed by atoms with Crippen LogP contribution in [0.15, 0.2) is 52.3 Å². The van der Waals surface area contributed by atoms with E-state index >= 15 is 0 Å². The van der Waals surface area contributed by atoms with Crippen molar-refractivity contribution in [2.45, 2.75) is 54.9 Å². The molecular formula is C23H27N3O4S. The zero-order valence-corrected chi connectivity index (χ0v) is 18.4. The first-order valence-corrected chi connectivity index (χ1v) is 11.3. The van der Waals surface area contributed by atoms with Crippen LogP contribution in [0, 0.1) is 5.92 Å². The number of amides is 2. The number of benzene rings is 2. The van der Waals surface area contributed by atoms with E-state index in [0.717, 1.165) is 21.2 Å². The molecule has 4 N–H and O–H groups in total. The van der Waals surface area contributed by atoms with E-state index in [9.17, 15) is 14.7 Å². The van der Waals surface area contributed by atoms with Gasteiger partial charge in [-0.15, -0.1) is 0 Å². The number of carbonyl (C=O) groups excluding carboxylic acids is 2. The molecular weight excluding hydrogens is 414 g/mol. The van der Waals surface area contributed by atoms with Crippen LogP contribution in [-0.2, 0) is 9.53 Å². The molecule has 164 valence electrons. The number of nitrogens with one attached hydrogen (secondary N) is 3. The van der Waals surface area contributed by atoms with Gasteiger partial charge in [0.2, 0.25) is 5.91 Å². The summed E-state index contributed by atoms with van der Waals surface area (Å²) < 4.78 is 5.11. The number of hydrogen-bond acceptors (Lipinski definition) is 6. The Bertz CT molecular complexity index is 981. The Morgan fingerprint density at radius 1 is 1.19 bits per heavy atom. The molecule has 0 spiro atoms. The molecule has 0 saturated carbocycles. The Balaban J connectivity index is 1.52. The topological polar surface area (TPSA) is 99.7 Å². The number of para-hydroxylation sites is 2. The number of fused-ring (bicyclic) bond motifs is 2. The van der Waals surface area contributed by atoms with E-state index in [1.54, 1.807) is 17.8 Å². The lowest BCUT2D eigenvalue weighted by Crippen LogP contribution is -2.51. The molecule has 4 rings (SSSR count). The van der Waals surface area contributed by atoms with Crippen molar-refractivity contribution in [1.29, 1.82) is 0 Å². The minimum atomic E-state index is -1.01. The highest BCUT2D eigenvalue weighted by Crippen LogP contribution is 2.45. The van der Waals surface area contributed by atoms with E-state index in [2.05, 4.69) is 16.0 Å². The molecule has 2 heterocycles. The number of hydrogen-bond donors (Lipinski definition) is 4. The van der Waals surface area contributed by atoms with Gasteiger partial charge in [0.15, 0.2) is 6.29 Å². The monoisotopic (exact) mass is 441 g/mol. The van der Waals surface area contributed by atoms with Gasteiger partial charge in [0.05, 0.1) is 29.6 Å². The summed E-state index contributed by atoms with van der Waals surface area (Å²) in [7, 11) is 0. The van der Waals surface area contributed by atoms with Gasteiger partial charge in [-0.3, -0.25) is 9.59 Å². The van der Waals surface area contributed by atoms with Crippen LogP contribution in [-0.4, -0.2) is 41.9 Å². The highest BCUT2D eigenvalue weighted by Gasteiger charge is 2.32. The van der Waals surface area contributed by atoms with Crippen LogP contribution in [0.4, 0.5) is 11.4 Å². The SMILES string of the molecule is CC(C)C[C@H](NC(=O)c1cccc2c1Nc1ccccc1S2)C(=O)N[C@H]1CCOC1O. The molecule has 0 aromatic heterocycles. The van der Waals surface area contributed by atoms with Gasteiger partial charge in [0.1, 0.15) is 6.04 Å². The Kier molecular flexibility index (Phi) is 6.50. The average molecular weight is 442 g/mol. The van der Waals surface area contributed by atoms with Crippen LogP contribution < -0.4 is 16.0 Å². The Hall–Kier alpha value is -2.55. The third-order valence-electron chi connectivity index (χ3n) is 5.36. The predicted molar refractivity (Wildman–Crippen MR) is 120 cm³/mol. The maximum Gasteiger partial charge on any atom is 0.254 e. The van der Waals surface area contributed by atoms with Crippen LogP contribution in [0.5, 0.6) is 0 Å².